The van der Waals surface area contributed by atoms with E-state index in [4.69, 9.17) is 9.97 Å². The van der Waals surface area contributed by atoms with Gasteiger partial charge in [0, 0.05) is 29.9 Å². The third kappa shape index (κ3) is 6.15. The van der Waals surface area contributed by atoms with Crippen LogP contribution in [0.15, 0.2) is 128 Å². The summed E-state index contributed by atoms with van der Waals surface area (Å²) in [5.74, 6) is 1.03. The molecule has 0 bridgehead atoms. The van der Waals surface area contributed by atoms with E-state index < -0.39 is 0 Å². The lowest BCUT2D eigenvalue weighted by atomic mass is 9.79. The first kappa shape index (κ1) is 32.1. The first-order valence-corrected chi connectivity index (χ1v) is 16.9. The van der Waals surface area contributed by atoms with Gasteiger partial charge in [-0.2, -0.15) is 0 Å². The predicted octanol–water partition coefficient (Wildman–Crippen LogP) is 11.6. The van der Waals surface area contributed by atoms with Gasteiger partial charge in [-0.15, -0.1) is 0 Å². The molecule has 0 saturated heterocycles. The van der Waals surface area contributed by atoms with Crippen LogP contribution in [-0.4, -0.2) is 19.6 Å². The van der Waals surface area contributed by atoms with Gasteiger partial charge in [-0.25, -0.2) is 4.98 Å². The van der Waals surface area contributed by atoms with E-state index in [0.29, 0.717) is 0 Å². The first-order valence-electron chi connectivity index (χ1n) is 16.9. The van der Waals surface area contributed by atoms with Crippen LogP contribution in [0.1, 0.15) is 52.7 Å². The fourth-order valence-electron chi connectivity index (χ4n) is 6.62. The van der Waals surface area contributed by atoms with E-state index in [9.17, 15) is 5.11 Å². The van der Waals surface area contributed by atoms with Gasteiger partial charge in [0.2, 0.25) is 0 Å². The van der Waals surface area contributed by atoms with E-state index in [1.165, 1.54) is 5.56 Å². The highest BCUT2D eigenvalue weighted by molar-refractivity contribution is 5.96. The number of benzene rings is 5. The maximum Gasteiger partial charge on any atom is 0.144 e. The topological polar surface area (TPSA) is 50.9 Å². The number of hydrogen-bond acceptors (Lipinski definition) is 3. The number of nitrogens with zero attached hydrogens (tertiary/aromatic N) is 3. The number of rotatable bonds is 5. The first-order chi connectivity index (χ1) is 23.4. The number of aryl methyl sites for hydroxylation is 1. The predicted molar refractivity (Wildman–Crippen MR) is 205 cm³/mol. The van der Waals surface area contributed by atoms with Crippen molar-refractivity contribution in [2.24, 2.45) is 7.05 Å². The number of aromatic hydroxyl groups is 1. The molecule has 7 rings (SSSR count). The summed E-state index contributed by atoms with van der Waals surface area (Å²) < 4.78 is 2.11. The lowest BCUT2D eigenvalue weighted by Gasteiger charge is -2.27. The SMILES string of the molecule is Cn1c(-c2cc(C(C)(C)C)cc(C(C)(C)C)c2O)nc2c(-c3cc(-c4ccccc4)cc(-c4cc(-c5ccccc5)ccn4)c3)cccc21. The van der Waals surface area contributed by atoms with Crippen molar-refractivity contribution in [2.45, 2.75) is 52.4 Å². The summed E-state index contributed by atoms with van der Waals surface area (Å²) in [5, 5.41) is 11.8. The Kier molecular flexibility index (Phi) is 7.99. The summed E-state index contributed by atoms with van der Waals surface area (Å²) in [6.45, 7) is 13.1. The molecule has 2 heterocycles. The Hall–Kier alpha value is -5.48. The van der Waals surface area contributed by atoms with Crippen LogP contribution in [0, 0.1) is 0 Å². The van der Waals surface area contributed by atoms with Gasteiger partial charge in [0.05, 0.1) is 22.3 Å². The molecular weight excluding hydrogens is 599 g/mol. The molecule has 0 spiro atoms. The van der Waals surface area contributed by atoms with Crippen molar-refractivity contribution in [3.8, 4) is 61.8 Å². The summed E-state index contributed by atoms with van der Waals surface area (Å²) >= 11 is 0. The van der Waals surface area contributed by atoms with Gasteiger partial charge in [-0.1, -0.05) is 120 Å². The summed E-state index contributed by atoms with van der Waals surface area (Å²) in [6, 6.07) is 42.5. The molecule has 49 heavy (non-hydrogen) atoms. The van der Waals surface area contributed by atoms with E-state index in [0.717, 1.165) is 72.6 Å². The van der Waals surface area contributed by atoms with E-state index in [1.54, 1.807) is 0 Å². The van der Waals surface area contributed by atoms with Crippen LogP contribution in [0.5, 0.6) is 5.75 Å². The second kappa shape index (κ2) is 12.2. The van der Waals surface area contributed by atoms with E-state index in [1.807, 2.05) is 25.4 Å². The Morgan fingerprint density at radius 1 is 0.551 bits per heavy atom. The Morgan fingerprint density at radius 3 is 1.84 bits per heavy atom. The normalized spacial score (nSPS) is 12.1. The third-order valence-electron chi connectivity index (χ3n) is 9.45. The minimum absolute atomic E-state index is 0.0989. The van der Waals surface area contributed by atoms with E-state index >= 15 is 0 Å². The smallest absolute Gasteiger partial charge is 0.144 e. The molecule has 0 aliphatic heterocycles. The number of phenolic OH excluding ortho intramolecular Hbond substituents is 1. The molecule has 0 saturated carbocycles. The summed E-state index contributed by atoms with van der Waals surface area (Å²) in [5.41, 5.74) is 13.0. The maximum atomic E-state index is 11.8. The van der Waals surface area contributed by atoms with Crippen molar-refractivity contribution in [2.75, 3.05) is 0 Å². The second-order valence-corrected chi connectivity index (χ2v) is 15.0. The van der Waals surface area contributed by atoms with Crippen LogP contribution in [0.2, 0.25) is 0 Å². The molecule has 0 unspecified atom stereocenters. The summed E-state index contributed by atoms with van der Waals surface area (Å²) in [4.78, 5) is 10.2. The van der Waals surface area contributed by atoms with Gasteiger partial charge in [0.1, 0.15) is 11.6 Å². The zero-order chi connectivity index (χ0) is 34.5. The van der Waals surface area contributed by atoms with Crippen LogP contribution in [0.4, 0.5) is 0 Å². The van der Waals surface area contributed by atoms with E-state index in [2.05, 4.69) is 155 Å². The van der Waals surface area contributed by atoms with E-state index in [-0.39, 0.29) is 16.6 Å². The quantitative estimate of drug-likeness (QED) is 0.203. The van der Waals surface area contributed by atoms with Crippen LogP contribution in [0.3, 0.4) is 0 Å². The fourth-order valence-corrected chi connectivity index (χ4v) is 6.62. The molecule has 0 fully saturated rings. The standard InChI is InChI=1S/C45H43N3O/c1-44(2,3)35-27-37(42(49)38(28-35)45(4,5)6)43-47-41-36(19-14-20-40(41)48(43)7)33-23-32(30-17-12-9-13-18-30)24-34(25-33)39-26-31(21-22-46-39)29-15-10-8-11-16-29/h8-28,49H,1-7H3. The number of aromatic nitrogens is 3. The largest absolute Gasteiger partial charge is 0.507 e. The Balaban J connectivity index is 1.44. The lowest BCUT2D eigenvalue weighted by molar-refractivity contribution is 0.446. The van der Waals surface area contributed by atoms with Crippen LogP contribution in [-0.2, 0) is 17.9 Å². The summed E-state index contributed by atoms with van der Waals surface area (Å²) in [6.07, 6.45) is 1.89. The molecule has 0 amide bonds. The highest BCUT2D eigenvalue weighted by atomic mass is 16.3. The number of phenols is 1. The highest BCUT2D eigenvalue weighted by Crippen LogP contribution is 2.43. The fraction of sp³-hybridized carbons (Fsp3) is 0.200. The molecule has 2 aromatic heterocycles. The van der Waals surface area contributed by atoms with Crippen LogP contribution < -0.4 is 0 Å². The molecule has 0 atom stereocenters. The Morgan fingerprint density at radius 2 is 1.18 bits per heavy atom. The van der Waals surface area contributed by atoms with Crippen molar-refractivity contribution in [1.82, 2.24) is 14.5 Å². The van der Waals surface area contributed by atoms with Gasteiger partial charge in [0.15, 0.2) is 0 Å². The van der Waals surface area contributed by atoms with Crippen molar-refractivity contribution in [3.05, 3.63) is 139 Å². The zero-order valence-corrected chi connectivity index (χ0v) is 29.4. The Bertz CT molecular complexity index is 2300. The number of hydrogen-bond donors (Lipinski definition) is 1. The second-order valence-electron chi connectivity index (χ2n) is 15.0. The van der Waals surface area contributed by atoms with Crippen molar-refractivity contribution in [3.63, 3.8) is 0 Å². The number of pyridine rings is 1. The lowest BCUT2D eigenvalue weighted by Crippen LogP contribution is -2.17. The van der Waals surface area contributed by atoms with Gasteiger partial charge in [-0.3, -0.25) is 4.98 Å². The zero-order valence-electron chi connectivity index (χ0n) is 29.4. The van der Waals surface area contributed by atoms with Gasteiger partial charge in [-0.05, 0) is 86.7 Å². The molecule has 0 aliphatic carbocycles. The molecule has 4 nitrogen and oxygen atoms in total. The molecule has 0 aliphatic rings. The maximum absolute atomic E-state index is 11.8. The Labute approximate surface area is 289 Å². The van der Waals surface area contributed by atoms with Gasteiger partial charge < -0.3 is 9.67 Å². The van der Waals surface area contributed by atoms with Gasteiger partial charge >= 0.3 is 0 Å². The molecule has 5 aromatic carbocycles. The summed E-state index contributed by atoms with van der Waals surface area (Å²) in [7, 11) is 2.04. The number of fused-ring (bicyclic) bond motifs is 1. The van der Waals surface area contributed by atoms with Crippen molar-refractivity contribution < 1.29 is 5.11 Å². The van der Waals surface area contributed by atoms with Crippen LogP contribution in [0.25, 0.3) is 67.1 Å². The molecule has 244 valence electrons. The van der Waals surface area contributed by atoms with Crippen molar-refractivity contribution in [1.29, 1.82) is 0 Å². The third-order valence-corrected chi connectivity index (χ3v) is 9.45. The molecule has 7 aromatic rings. The average molecular weight is 642 g/mol. The molecule has 1 N–H and O–H groups in total. The number of imidazole rings is 1. The van der Waals surface area contributed by atoms with Crippen molar-refractivity contribution >= 4 is 11.0 Å². The minimum atomic E-state index is -0.240. The van der Waals surface area contributed by atoms with Crippen LogP contribution >= 0.6 is 0 Å². The average Bonchev–Trinajstić information content (AvgIpc) is 3.44. The van der Waals surface area contributed by atoms with Gasteiger partial charge in [0.25, 0.3) is 0 Å². The molecule has 4 heteroatoms. The highest BCUT2D eigenvalue weighted by Gasteiger charge is 2.27. The number of para-hydroxylation sites is 1. The molecular formula is C45H43N3O. The molecule has 0 radical (unpaired) electrons. The monoisotopic (exact) mass is 641 g/mol. The minimum Gasteiger partial charge on any atom is -0.507 e.